The van der Waals surface area contributed by atoms with E-state index in [2.05, 4.69) is 4.98 Å². The lowest BCUT2D eigenvalue weighted by molar-refractivity contribution is -0.107. The van der Waals surface area contributed by atoms with Crippen molar-refractivity contribution in [3.63, 3.8) is 0 Å². The molecule has 0 aliphatic heterocycles. The number of hydrogen-bond donors (Lipinski definition) is 1. The van der Waals surface area contributed by atoms with Crippen LogP contribution in [0.2, 0.25) is 0 Å². The average molecular weight is 217 g/mol. The van der Waals surface area contributed by atoms with Crippen molar-refractivity contribution in [3.8, 4) is 5.75 Å². The molecule has 0 amide bonds. The highest BCUT2D eigenvalue weighted by Gasteiger charge is 2.07. The van der Waals surface area contributed by atoms with Crippen LogP contribution in [0.3, 0.4) is 0 Å². The van der Waals surface area contributed by atoms with Gasteiger partial charge in [0.2, 0.25) is 0 Å². The standard InChI is InChI=1S/C12H11NO3/c14-6-5-10-8-16-12(13-10)7-9-3-1-2-4-11(9)15/h1-4,6,8,15H,5,7H2. The van der Waals surface area contributed by atoms with Crippen molar-refractivity contribution in [2.24, 2.45) is 0 Å². The van der Waals surface area contributed by atoms with E-state index < -0.39 is 0 Å². The SMILES string of the molecule is O=CCc1coc(Cc2ccccc2O)n1. The molecule has 16 heavy (non-hydrogen) atoms. The van der Waals surface area contributed by atoms with Gasteiger partial charge < -0.3 is 14.3 Å². The van der Waals surface area contributed by atoms with Gasteiger partial charge in [0.05, 0.1) is 12.1 Å². The van der Waals surface area contributed by atoms with Crippen molar-refractivity contribution in [3.05, 3.63) is 47.7 Å². The number of nitrogens with zero attached hydrogens (tertiary/aromatic N) is 1. The third kappa shape index (κ3) is 2.28. The van der Waals surface area contributed by atoms with Crippen LogP contribution < -0.4 is 0 Å². The zero-order chi connectivity index (χ0) is 11.4. The number of hydrogen-bond acceptors (Lipinski definition) is 4. The first-order valence-corrected chi connectivity index (χ1v) is 4.93. The van der Waals surface area contributed by atoms with Crippen molar-refractivity contribution in [2.75, 3.05) is 0 Å². The van der Waals surface area contributed by atoms with E-state index in [4.69, 9.17) is 4.42 Å². The summed E-state index contributed by atoms with van der Waals surface area (Å²) in [7, 11) is 0. The molecular weight excluding hydrogens is 206 g/mol. The van der Waals surface area contributed by atoms with Crippen LogP contribution in [0.1, 0.15) is 17.1 Å². The van der Waals surface area contributed by atoms with Gasteiger partial charge >= 0.3 is 0 Å². The van der Waals surface area contributed by atoms with Crippen LogP contribution in [-0.4, -0.2) is 16.4 Å². The van der Waals surface area contributed by atoms with Gasteiger partial charge in [-0.3, -0.25) is 0 Å². The molecule has 1 aromatic carbocycles. The zero-order valence-corrected chi connectivity index (χ0v) is 8.59. The lowest BCUT2D eigenvalue weighted by Gasteiger charge is -1.99. The molecule has 0 spiro atoms. The van der Waals surface area contributed by atoms with Gasteiger partial charge in [-0.2, -0.15) is 0 Å². The number of aldehydes is 1. The van der Waals surface area contributed by atoms with Crippen LogP contribution in [0.4, 0.5) is 0 Å². The summed E-state index contributed by atoms with van der Waals surface area (Å²) in [5.74, 6) is 0.719. The van der Waals surface area contributed by atoms with Gasteiger partial charge in [0.1, 0.15) is 18.3 Å². The molecular formula is C12H11NO3. The smallest absolute Gasteiger partial charge is 0.198 e. The molecule has 0 atom stereocenters. The molecule has 0 saturated heterocycles. The maximum Gasteiger partial charge on any atom is 0.198 e. The fourth-order valence-corrected chi connectivity index (χ4v) is 1.43. The van der Waals surface area contributed by atoms with Crippen molar-refractivity contribution in [1.29, 1.82) is 0 Å². The summed E-state index contributed by atoms with van der Waals surface area (Å²) in [5.41, 5.74) is 1.36. The first-order valence-electron chi connectivity index (χ1n) is 4.93. The Bertz CT molecular complexity index is 491. The second-order valence-corrected chi connectivity index (χ2v) is 3.41. The molecule has 0 aliphatic carbocycles. The summed E-state index contributed by atoms with van der Waals surface area (Å²) >= 11 is 0. The van der Waals surface area contributed by atoms with E-state index in [0.29, 0.717) is 18.0 Å². The van der Waals surface area contributed by atoms with Crippen LogP contribution in [0.15, 0.2) is 34.9 Å². The Kier molecular flexibility index (Phi) is 3.00. The van der Waals surface area contributed by atoms with Gasteiger partial charge in [-0.15, -0.1) is 0 Å². The van der Waals surface area contributed by atoms with Gasteiger partial charge in [0, 0.05) is 12.0 Å². The Hall–Kier alpha value is -2.10. The molecule has 4 heteroatoms. The van der Waals surface area contributed by atoms with Crippen molar-refractivity contribution < 1.29 is 14.3 Å². The lowest BCUT2D eigenvalue weighted by Crippen LogP contribution is -1.91. The topological polar surface area (TPSA) is 63.3 Å². The minimum absolute atomic E-state index is 0.220. The van der Waals surface area contributed by atoms with Crippen LogP contribution in [-0.2, 0) is 17.6 Å². The number of para-hydroxylation sites is 1. The predicted octanol–water partition coefficient (Wildman–Crippen LogP) is 1.71. The summed E-state index contributed by atoms with van der Waals surface area (Å²) in [4.78, 5) is 14.4. The number of aromatic nitrogens is 1. The minimum Gasteiger partial charge on any atom is -0.508 e. The monoisotopic (exact) mass is 217 g/mol. The van der Waals surface area contributed by atoms with Crippen molar-refractivity contribution in [2.45, 2.75) is 12.8 Å². The molecule has 0 unspecified atom stereocenters. The highest BCUT2D eigenvalue weighted by atomic mass is 16.3. The number of carbonyl (C=O) groups excluding carboxylic acids is 1. The molecule has 0 radical (unpaired) electrons. The maximum absolute atomic E-state index is 10.3. The lowest BCUT2D eigenvalue weighted by atomic mass is 10.1. The molecule has 0 bridgehead atoms. The van der Waals surface area contributed by atoms with E-state index in [-0.39, 0.29) is 12.2 Å². The number of phenolic OH excluding ortho intramolecular Hbond substituents is 1. The molecule has 0 saturated carbocycles. The number of benzene rings is 1. The van der Waals surface area contributed by atoms with E-state index in [1.165, 1.54) is 6.26 Å². The zero-order valence-electron chi connectivity index (χ0n) is 8.59. The fourth-order valence-electron chi connectivity index (χ4n) is 1.43. The number of phenols is 1. The van der Waals surface area contributed by atoms with Crippen molar-refractivity contribution in [1.82, 2.24) is 4.98 Å². The highest BCUT2D eigenvalue weighted by Crippen LogP contribution is 2.19. The molecule has 0 aliphatic rings. The number of carbonyl (C=O) groups is 1. The number of oxazole rings is 1. The predicted molar refractivity (Wildman–Crippen MR) is 57.2 cm³/mol. The summed E-state index contributed by atoms with van der Waals surface area (Å²) in [6.07, 6.45) is 2.92. The molecule has 1 heterocycles. The molecule has 4 nitrogen and oxygen atoms in total. The molecule has 1 aromatic heterocycles. The largest absolute Gasteiger partial charge is 0.508 e. The Balaban J connectivity index is 2.14. The number of aromatic hydroxyl groups is 1. The second kappa shape index (κ2) is 4.61. The number of rotatable bonds is 4. The second-order valence-electron chi connectivity index (χ2n) is 3.41. The Morgan fingerprint density at radius 2 is 2.19 bits per heavy atom. The van der Waals surface area contributed by atoms with Crippen molar-refractivity contribution >= 4 is 6.29 Å². The van der Waals surface area contributed by atoms with E-state index >= 15 is 0 Å². The molecule has 82 valence electrons. The summed E-state index contributed by atoms with van der Waals surface area (Å²) in [6.45, 7) is 0. The normalized spacial score (nSPS) is 10.2. The quantitative estimate of drug-likeness (QED) is 0.792. The molecule has 0 fully saturated rings. The van der Waals surface area contributed by atoms with E-state index in [1.807, 2.05) is 6.07 Å². The van der Waals surface area contributed by atoms with Gasteiger partial charge in [-0.25, -0.2) is 4.98 Å². The van der Waals surface area contributed by atoms with Crippen LogP contribution in [0.5, 0.6) is 5.75 Å². The highest BCUT2D eigenvalue weighted by molar-refractivity contribution is 5.53. The Labute approximate surface area is 92.6 Å². The van der Waals surface area contributed by atoms with Gasteiger partial charge in [-0.1, -0.05) is 18.2 Å². The van der Waals surface area contributed by atoms with E-state index in [0.717, 1.165) is 11.8 Å². The average Bonchev–Trinajstić information content (AvgIpc) is 2.70. The summed E-state index contributed by atoms with van der Waals surface area (Å²) in [6, 6.07) is 7.01. The van der Waals surface area contributed by atoms with E-state index in [1.54, 1.807) is 18.2 Å². The Morgan fingerprint density at radius 3 is 2.94 bits per heavy atom. The first kappa shape index (κ1) is 10.4. The summed E-state index contributed by atoms with van der Waals surface area (Å²) < 4.78 is 5.20. The van der Waals surface area contributed by atoms with E-state index in [9.17, 15) is 9.90 Å². The van der Waals surface area contributed by atoms with Crippen LogP contribution in [0.25, 0.3) is 0 Å². The van der Waals surface area contributed by atoms with Crippen LogP contribution >= 0.6 is 0 Å². The Morgan fingerprint density at radius 1 is 1.38 bits per heavy atom. The third-order valence-electron chi connectivity index (χ3n) is 2.23. The fraction of sp³-hybridized carbons (Fsp3) is 0.167. The van der Waals surface area contributed by atoms with Gasteiger partial charge in [-0.05, 0) is 6.07 Å². The minimum atomic E-state index is 0.220. The first-order chi connectivity index (χ1) is 7.79. The third-order valence-corrected chi connectivity index (χ3v) is 2.23. The molecule has 2 rings (SSSR count). The maximum atomic E-state index is 10.3. The molecule has 1 N–H and O–H groups in total. The summed E-state index contributed by atoms with van der Waals surface area (Å²) in [5, 5.41) is 9.56. The van der Waals surface area contributed by atoms with Gasteiger partial charge in [0.25, 0.3) is 0 Å². The van der Waals surface area contributed by atoms with Gasteiger partial charge in [0.15, 0.2) is 5.89 Å². The molecule has 2 aromatic rings. The van der Waals surface area contributed by atoms with Crippen LogP contribution in [0, 0.1) is 0 Å².